The van der Waals surface area contributed by atoms with Crippen LogP contribution in [0.15, 0.2) is 6.20 Å². The van der Waals surface area contributed by atoms with E-state index in [0.717, 1.165) is 5.82 Å². The van der Waals surface area contributed by atoms with Crippen LogP contribution in [-0.4, -0.2) is 34.6 Å². The first-order valence-corrected chi connectivity index (χ1v) is 7.40. The fourth-order valence-corrected chi connectivity index (χ4v) is 3.22. The number of hydrogen-bond acceptors (Lipinski definition) is 5. The maximum Gasteiger partial charge on any atom is 0.224 e. The van der Waals surface area contributed by atoms with Crippen molar-refractivity contribution in [2.45, 2.75) is 30.6 Å². The van der Waals surface area contributed by atoms with Gasteiger partial charge in [0.2, 0.25) is 5.95 Å². The van der Waals surface area contributed by atoms with Gasteiger partial charge in [0.25, 0.3) is 0 Å². The van der Waals surface area contributed by atoms with E-state index in [4.69, 9.17) is 11.6 Å². The van der Waals surface area contributed by atoms with Crippen molar-refractivity contribution in [3.05, 3.63) is 11.2 Å². The first kappa shape index (κ1) is 12.8. The van der Waals surface area contributed by atoms with Crippen LogP contribution in [0.25, 0.3) is 0 Å². The number of hydrogen-bond donors (Lipinski definition) is 2. The summed E-state index contributed by atoms with van der Waals surface area (Å²) in [5.74, 6) is 1.33. The van der Waals surface area contributed by atoms with E-state index in [1.165, 1.54) is 19.3 Å². The van der Waals surface area contributed by atoms with Gasteiger partial charge in [-0.2, -0.15) is 16.7 Å². The van der Waals surface area contributed by atoms with Crippen LogP contribution in [0, 0.1) is 0 Å². The zero-order chi connectivity index (χ0) is 12.3. The van der Waals surface area contributed by atoms with Crippen LogP contribution in [0.2, 0.25) is 5.02 Å². The molecule has 1 aromatic rings. The van der Waals surface area contributed by atoms with Crippen molar-refractivity contribution in [3.63, 3.8) is 0 Å². The summed E-state index contributed by atoms with van der Waals surface area (Å²) in [5, 5.41) is 7.59. The van der Waals surface area contributed by atoms with E-state index in [-0.39, 0.29) is 0 Å². The van der Waals surface area contributed by atoms with Crippen molar-refractivity contribution in [3.8, 4) is 0 Å². The minimum atomic E-state index is 0.460. The second-order valence-electron chi connectivity index (χ2n) is 4.10. The molecule has 1 aliphatic carbocycles. The van der Waals surface area contributed by atoms with Crippen molar-refractivity contribution < 1.29 is 0 Å². The Morgan fingerprint density at radius 2 is 2.29 bits per heavy atom. The topological polar surface area (TPSA) is 49.8 Å². The van der Waals surface area contributed by atoms with Crippen LogP contribution < -0.4 is 10.6 Å². The van der Waals surface area contributed by atoms with Gasteiger partial charge in [0, 0.05) is 18.3 Å². The Morgan fingerprint density at radius 1 is 1.47 bits per heavy atom. The molecule has 2 rings (SSSR count). The summed E-state index contributed by atoms with van der Waals surface area (Å²) in [6.45, 7) is 0. The number of anilines is 2. The second-order valence-corrected chi connectivity index (χ2v) is 5.58. The molecule has 2 unspecified atom stereocenters. The number of aromatic nitrogens is 2. The standard InChI is InChI=1S/C11H17ClN4S/c1-13-11-14-6-7(12)10(16-11)15-8-4-3-5-9(8)17-2/h6,8-9H,3-5H2,1-2H3,(H2,13,14,15,16). The van der Waals surface area contributed by atoms with Crippen LogP contribution in [0.4, 0.5) is 11.8 Å². The normalized spacial score (nSPS) is 23.7. The molecule has 1 fully saturated rings. The van der Waals surface area contributed by atoms with Crippen molar-refractivity contribution in [1.29, 1.82) is 0 Å². The summed E-state index contributed by atoms with van der Waals surface area (Å²) in [4.78, 5) is 8.42. The highest BCUT2D eigenvalue weighted by Gasteiger charge is 2.27. The number of nitrogens with one attached hydrogen (secondary N) is 2. The minimum absolute atomic E-state index is 0.460. The van der Waals surface area contributed by atoms with Gasteiger partial charge in [-0.3, -0.25) is 0 Å². The highest BCUT2D eigenvalue weighted by atomic mass is 35.5. The van der Waals surface area contributed by atoms with Crippen molar-refractivity contribution in [2.24, 2.45) is 0 Å². The maximum absolute atomic E-state index is 6.10. The van der Waals surface area contributed by atoms with E-state index in [9.17, 15) is 0 Å². The molecule has 0 radical (unpaired) electrons. The maximum atomic E-state index is 6.10. The third-order valence-electron chi connectivity index (χ3n) is 3.05. The van der Waals surface area contributed by atoms with Gasteiger partial charge in [0.1, 0.15) is 5.02 Å². The fraction of sp³-hybridized carbons (Fsp3) is 0.636. The third-order valence-corrected chi connectivity index (χ3v) is 4.49. The van der Waals surface area contributed by atoms with Crippen molar-refractivity contribution in [1.82, 2.24) is 9.97 Å². The molecule has 2 atom stereocenters. The molecule has 4 nitrogen and oxygen atoms in total. The lowest BCUT2D eigenvalue weighted by Gasteiger charge is -2.20. The van der Waals surface area contributed by atoms with Crippen LogP contribution >= 0.6 is 23.4 Å². The lowest BCUT2D eigenvalue weighted by molar-refractivity contribution is 0.763. The SMILES string of the molecule is CNc1ncc(Cl)c(NC2CCCC2SC)n1. The summed E-state index contributed by atoms with van der Waals surface area (Å²) in [7, 11) is 1.80. The predicted octanol–water partition coefficient (Wildman–Crippen LogP) is 2.87. The Hall–Kier alpha value is -0.680. The van der Waals surface area contributed by atoms with E-state index < -0.39 is 0 Å². The molecule has 1 heterocycles. The van der Waals surface area contributed by atoms with E-state index in [1.54, 1.807) is 13.2 Å². The van der Waals surface area contributed by atoms with Crippen LogP contribution in [0.5, 0.6) is 0 Å². The third kappa shape index (κ3) is 2.96. The number of halogens is 1. The largest absolute Gasteiger partial charge is 0.365 e. The Kier molecular flexibility index (Phi) is 4.34. The van der Waals surface area contributed by atoms with Crippen molar-refractivity contribution >= 4 is 35.1 Å². The summed E-state index contributed by atoms with van der Waals surface area (Å²) in [5.41, 5.74) is 0. The number of thioether (sulfide) groups is 1. The highest BCUT2D eigenvalue weighted by Crippen LogP contribution is 2.32. The molecule has 0 saturated heterocycles. The monoisotopic (exact) mass is 272 g/mol. The van der Waals surface area contributed by atoms with Gasteiger partial charge in [-0.1, -0.05) is 18.0 Å². The first-order chi connectivity index (χ1) is 8.24. The zero-order valence-electron chi connectivity index (χ0n) is 10.0. The van der Waals surface area contributed by atoms with E-state index in [1.807, 2.05) is 11.8 Å². The fourth-order valence-electron chi connectivity index (χ4n) is 2.14. The number of rotatable bonds is 4. The molecular formula is C11H17ClN4S. The quantitative estimate of drug-likeness (QED) is 0.883. The molecule has 1 aromatic heterocycles. The Labute approximate surface area is 111 Å². The van der Waals surface area contributed by atoms with Gasteiger partial charge in [-0.25, -0.2) is 4.98 Å². The highest BCUT2D eigenvalue weighted by molar-refractivity contribution is 7.99. The molecule has 0 amide bonds. The molecule has 0 aromatic carbocycles. The second kappa shape index (κ2) is 5.78. The average Bonchev–Trinajstić information content (AvgIpc) is 2.79. The lowest BCUT2D eigenvalue weighted by atomic mass is 10.2. The van der Waals surface area contributed by atoms with E-state index in [2.05, 4.69) is 26.9 Å². The molecule has 17 heavy (non-hydrogen) atoms. The molecule has 94 valence electrons. The Balaban J connectivity index is 2.12. The first-order valence-electron chi connectivity index (χ1n) is 5.74. The van der Waals surface area contributed by atoms with Gasteiger partial charge in [0.05, 0.1) is 6.20 Å². The molecule has 1 aliphatic rings. The average molecular weight is 273 g/mol. The summed E-state index contributed by atoms with van der Waals surface area (Å²) < 4.78 is 0. The van der Waals surface area contributed by atoms with Crippen LogP contribution in [0.3, 0.4) is 0 Å². The smallest absolute Gasteiger partial charge is 0.224 e. The lowest BCUT2D eigenvalue weighted by Crippen LogP contribution is -2.26. The summed E-state index contributed by atoms with van der Waals surface area (Å²) in [6.07, 6.45) is 7.50. The van der Waals surface area contributed by atoms with E-state index >= 15 is 0 Å². The van der Waals surface area contributed by atoms with Gasteiger partial charge < -0.3 is 10.6 Å². The molecule has 0 aliphatic heterocycles. The summed E-state index contributed by atoms with van der Waals surface area (Å²) >= 11 is 8.01. The number of nitrogens with zero attached hydrogens (tertiary/aromatic N) is 2. The van der Waals surface area contributed by atoms with Gasteiger partial charge in [-0.15, -0.1) is 0 Å². The predicted molar refractivity (Wildman–Crippen MR) is 75.2 cm³/mol. The molecule has 6 heteroatoms. The Morgan fingerprint density at radius 3 is 3.00 bits per heavy atom. The summed E-state index contributed by atoms with van der Waals surface area (Å²) in [6, 6.07) is 0.460. The van der Waals surface area contributed by atoms with Crippen LogP contribution in [0.1, 0.15) is 19.3 Å². The van der Waals surface area contributed by atoms with Gasteiger partial charge >= 0.3 is 0 Å². The van der Waals surface area contributed by atoms with Gasteiger partial charge in [0.15, 0.2) is 5.82 Å². The molecule has 0 bridgehead atoms. The van der Waals surface area contributed by atoms with Crippen LogP contribution in [-0.2, 0) is 0 Å². The minimum Gasteiger partial charge on any atom is -0.365 e. The molecular weight excluding hydrogens is 256 g/mol. The van der Waals surface area contributed by atoms with E-state index in [0.29, 0.717) is 22.3 Å². The molecule has 2 N–H and O–H groups in total. The Bertz CT molecular complexity index is 388. The van der Waals surface area contributed by atoms with Crippen molar-refractivity contribution in [2.75, 3.05) is 23.9 Å². The zero-order valence-corrected chi connectivity index (χ0v) is 11.6. The van der Waals surface area contributed by atoms with Gasteiger partial charge in [-0.05, 0) is 19.1 Å². The molecule has 0 spiro atoms. The molecule has 1 saturated carbocycles.